The summed E-state index contributed by atoms with van der Waals surface area (Å²) in [5.41, 5.74) is 4.47. The molecule has 0 atom stereocenters. The minimum atomic E-state index is -0.990. The summed E-state index contributed by atoms with van der Waals surface area (Å²) >= 11 is 0. The van der Waals surface area contributed by atoms with Crippen LogP contribution >= 0.6 is 0 Å². The fourth-order valence-electron chi connectivity index (χ4n) is 3.07. The standard InChI is InChI=1S/C22H22FN3O3/c1-14-20(21(27)24-13-17-7-9-18(10-8-17)22(28)29)19(25-26(14)2)11-15-3-5-16(12-23)6-4-15/h3-10H,11-13H2,1-2H3,(H,24,27)(H,28,29). The first-order valence-electron chi connectivity index (χ1n) is 9.15. The van der Waals surface area contributed by atoms with E-state index in [1.165, 1.54) is 12.1 Å². The van der Waals surface area contributed by atoms with Crippen LogP contribution in [0.3, 0.4) is 0 Å². The highest BCUT2D eigenvalue weighted by molar-refractivity contribution is 5.96. The van der Waals surface area contributed by atoms with Gasteiger partial charge in [0.05, 0.1) is 16.8 Å². The van der Waals surface area contributed by atoms with E-state index in [4.69, 9.17) is 5.11 Å². The number of nitrogens with one attached hydrogen (secondary N) is 1. The lowest BCUT2D eigenvalue weighted by Crippen LogP contribution is -2.24. The van der Waals surface area contributed by atoms with Crippen LogP contribution in [0.15, 0.2) is 48.5 Å². The number of benzene rings is 2. The number of aryl methyl sites for hydroxylation is 1. The largest absolute Gasteiger partial charge is 0.478 e. The monoisotopic (exact) mass is 395 g/mol. The Bertz CT molecular complexity index is 1020. The maximum absolute atomic E-state index is 12.8. The molecule has 3 aromatic rings. The maximum Gasteiger partial charge on any atom is 0.335 e. The number of alkyl halides is 1. The molecule has 7 heteroatoms. The van der Waals surface area contributed by atoms with Gasteiger partial charge in [0.1, 0.15) is 6.67 Å². The van der Waals surface area contributed by atoms with Gasteiger partial charge in [0.2, 0.25) is 0 Å². The minimum Gasteiger partial charge on any atom is -0.478 e. The molecular weight excluding hydrogens is 373 g/mol. The molecule has 0 aliphatic carbocycles. The Balaban J connectivity index is 1.74. The third kappa shape index (κ3) is 4.68. The number of nitrogens with zero attached hydrogens (tertiary/aromatic N) is 2. The molecule has 1 heterocycles. The lowest BCUT2D eigenvalue weighted by Gasteiger charge is -2.08. The van der Waals surface area contributed by atoms with Crippen molar-refractivity contribution in [3.05, 3.63) is 87.7 Å². The zero-order chi connectivity index (χ0) is 21.0. The van der Waals surface area contributed by atoms with Gasteiger partial charge in [-0.1, -0.05) is 36.4 Å². The van der Waals surface area contributed by atoms with Gasteiger partial charge in [0, 0.05) is 25.7 Å². The Morgan fingerprint density at radius 3 is 2.21 bits per heavy atom. The van der Waals surface area contributed by atoms with Crippen molar-refractivity contribution in [2.24, 2.45) is 7.05 Å². The van der Waals surface area contributed by atoms with Crippen LogP contribution in [0.2, 0.25) is 0 Å². The molecule has 0 spiro atoms. The van der Waals surface area contributed by atoms with E-state index >= 15 is 0 Å². The summed E-state index contributed by atoms with van der Waals surface area (Å²) in [7, 11) is 1.78. The van der Waals surface area contributed by atoms with Gasteiger partial charge < -0.3 is 10.4 Å². The number of rotatable bonds is 7. The van der Waals surface area contributed by atoms with Crippen LogP contribution in [0.5, 0.6) is 0 Å². The summed E-state index contributed by atoms with van der Waals surface area (Å²) in [4.78, 5) is 23.8. The molecule has 3 rings (SSSR count). The molecule has 0 fully saturated rings. The van der Waals surface area contributed by atoms with Crippen LogP contribution in [-0.4, -0.2) is 26.8 Å². The number of aromatic carboxylic acids is 1. The molecule has 1 amide bonds. The van der Waals surface area contributed by atoms with Gasteiger partial charge in [0.15, 0.2) is 0 Å². The topological polar surface area (TPSA) is 84.2 Å². The van der Waals surface area contributed by atoms with E-state index in [-0.39, 0.29) is 18.0 Å². The third-order valence-corrected chi connectivity index (χ3v) is 4.84. The van der Waals surface area contributed by atoms with Gasteiger partial charge in [-0.15, -0.1) is 0 Å². The van der Waals surface area contributed by atoms with Crippen LogP contribution in [0.1, 0.15) is 48.8 Å². The predicted octanol–water partition coefficient (Wildman–Crippen LogP) is 3.42. The van der Waals surface area contributed by atoms with Crippen molar-refractivity contribution in [2.75, 3.05) is 0 Å². The Hall–Kier alpha value is -3.48. The first-order valence-corrected chi connectivity index (χ1v) is 9.15. The SMILES string of the molecule is Cc1c(C(=O)NCc2ccc(C(=O)O)cc2)c(Cc2ccc(CF)cc2)nn1C. The Morgan fingerprint density at radius 2 is 1.62 bits per heavy atom. The number of aromatic nitrogens is 2. The Morgan fingerprint density at radius 1 is 1.03 bits per heavy atom. The van der Waals surface area contributed by atoms with Gasteiger partial charge in [-0.05, 0) is 35.7 Å². The second-order valence-electron chi connectivity index (χ2n) is 6.84. The quantitative estimate of drug-likeness (QED) is 0.642. The third-order valence-electron chi connectivity index (χ3n) is 4.84. The molecule has 150 valence electrons. The zero-order valence-corrected chi connectivity index (χ0v) is 16.3. The van der Waals surface area contributed by atoms with Crippen molar-refractivity contribution in [2.45, 2.75) is 26.6 Å². The number of carboxylic acids is 1. The molecule has 0 aliphatic heterocycles. The molecule has 0 saturated heterocycles. The number of amides is 1. The highest BCUT2D eigenvalue weighted by atomic mass is 19.1. The van der Waals surface area contributed by atoms with Crippen LogP contribution in [0, 0.1) is 6.92 Å². The van der Waals surface area contributed by atoms with Crippen molar-refractivity contribution in [1.29, 1.82) is 0 Å². The predicted molar refractivity (Wildman–Crippen MR) is 107 cm³/mol. The van der Waals surface area contributed by atoms with E-state index in [9.17, 15) is 14.0 Å². The molecule has 0 aliphatic rings. The van der Waals surface area contributed by atoms with Crippen LogP contribution in [0.25, 0.3) is 0 Å². The summed E-state index contributed by atoms with van der Waals surface area (Å²) in [5, 5.41) is 16.3. The average Bonchev–Trinajstić information content (AvgIpc) is 3.00. The number of carbonyl (C=O) groups excluding carboxylic acids is 1. The van der Waals surface area contributed by atoms with E-state index in [2.05, 4.69) is 10.4 Å². The number of carboxylic acid groups (broad SMARTS) is 1. The van der Waals surface area contributed by atoms with E-state index in [1.807, 2.05) is 19.1 Å². The molecular formula is C22H22FN3O3. The fraction of sp³-hybridized carbons (Fsp3) is 0.227. The van der Waals surface area contributed by atoms with Crippen molar-refractivity contribution >= 4 is 11.9 Å². The first-order chi connectivity index (χ1) is 13.9. The summed E-state index contributed by atoms with van der Waals surface area (Å²) in [6.45, 7) is 1.60. The van der Waals surface area contributed by atoms with Crippen LogP contribution < -0.4 is 5.32 Å². The van der Waals surface area contributed by atoms with E-state index < -0.39 is 12.6 Å². The molecule has 0 radical (unpaired) electrons. The maximum atomic E-state index is 12.8. The van der Waals surface area contributed by atoms with Crippen molar-refractivity contribution in [1.82, 2.24) is 15.1 Å². The smallest absolute Gasteiger partial charge is 0.335 e. The number of hydrogen-bond acceptors (Lipinski definition) is 3. The second kappa shape index (κ2) is 8.68. The molecule has 0 saturated carbocycles. The lowest BCUT2D eigenvalue weighted by atomic mass is 10.0. The molecule has 2 aromatic carbocycles. The summed E-state index contributed by atoms with van der Waals surface area (Å²) < 4.78 is 14.4. The van der Waals surface area contributed by atoms with Gasteiger partial charge in [0.25, 0.3) is 5.91 Å². The molecule has 0 bridgehead atoms. The number of hydrogen-bond donors (Lipinski definition) is 2. The highest BCUT2D eigenvalue weighted by Gasteiger charge is 2.20. The average molecular weight is 395 g/mol. The van der Waals surface area contributed by atoms with Gasteiger partial charge in [-0.25, -0.2) is 9.18 Å². The molecule has 2 N–H and O–H groups in total. The van der Waals surface area contributed by atoms with Gasteiger partial charge in [-0.2, -0.15) is 5.10 Å². The molecule has 29 heavy (non-hydrogen) atoms. The van der Waals surface area contributed by atoms with E-state index in [0.717, 1.165) is 16.8 Å². The summed E-state index contributed by atoms with van der Waals surface area (Å²) in [5.74, 6) is -1.23. The Kier molecular flexibility index (Phi) is 6.07. The minimum absolute atomic E-state index is 0.198. The highest BCUT2D eigenvalue weighted by Crippen LogP contribution is 2.18. The van der Waals surface area contributed by atoms with Crippen molar-refractivity contribution in [3.8, 4) is 0 Å². The van der Waals surface area contributed by atoms with Gasteiger partial charge >= 0.3 is 5.97 Å². The Labute approximate surface area is 168 Å². The zero-order valence-electron chi connectivity index (χ0n) is 16.3. The van der Waals surface area contributed by atoms with Gasteiger partial charge in [-0.3, -0.25) is 9.48 Å². The molecule has 1 aromatic heterocycles. The summed E-state index contributed by atoms with van der Waals surface area (Å²) in [6, 6.07) is 13.5. The molecule has 0 unspecified atom stereocenters. The number of halogens is 1. The fourth-order valence-corrected chi connectivity index (χ4v) is 3.07. The normalized spacial score (nSPS) is 10.7. The van der Waals surface area contributed by atoms with Crippen LogP contribution in [-0.2, 0) is 26.7 Å². The van der Waals surface area contributed by atoms with Crippen LogP contribution in [0.4, 0.5) is 4.39 Å². The first kappa shape index (κ1) is 20.3. The summed E-state index contributed by atoms with van der Waals surface area (Å²) in [6.07, 6.45) is 0.463. The van der Waals surface area contributed by atoms with E-state index in [1.54, 1.807) is 36.0 Å². The second-order valence-corrected chi connectivity index (χ2v) is 6.84. The molecule has 6 nitrogen and oxygen atoms in total. The van der Waals surface area contributed by atoms with E-state index in [0.29, 0.717) is 23.2 Å². The van der Waals surface area contributed by atoms with Crippen molar-refractivity contribution in [3.63, 3.8) is 0 Å². The lowest BCUT2D eigenvalue weighted by molar-refractivity contribution is 0.0696. The number of carbonyl (C=O) groups is 2. The van der Waals surface area contributed by atoms with Crippen molar-refractivity contribution < 1.29 is 19.1 Å².